The highest BCUT2D eigenvalue weighted by Crippen LogP contribution is 2.14. The van der Waals surface area contributed by atoms with Crippen LogP contribution in [0.2, 0.25) is 0 Å². The van der Waals surface area contributed by atoms with Crippen molar-refractivity contribution in [2.75, 3.05) is 34.5 Å². The first-order valence-electron chi connectivity index (χ1n) is 8.23. The molecule has 3 fully saturated rings. The second kappa shape index (κ2) is 31.2. The summed E-state index contributed by atoms with van der Waals surface area (Å²) >= 11 is 2.04. The minimum atomic E-state index is -2.48. The Labute approximate surface area is 162 Å². The summed E-state index contributed by atoms with van der Waals surface area (Å²) in [4.78, 5) is 0. The van der Waals surface area contributed by atoms with Crippen molar-refractivity contribution in [3.8, 4) is 0 Å². The molecule has 6 heteroatoms. The summed E-state index contributed by atoms with van der Waals surface area (Å²) in [6.45, 7) is 12.0. The minimum absolute atomic E-state index is 0. The zero-order chi connectivity index (χ0) is 17.1. The molecular formula is C18H48O3S3. The fourth-order valence-corrected chi connectivity index (χ4v) is 2.36. The minimum Gasteiger partial charge on any atom is -0.260 e. The van der Waals surface area contributed by atoms with Crippen molar-refractivity contribution < 1.29 is 12.6 Å². The van der Waals surface area contributed by atoms with Crippen LogP contribution in [-0.4, -0.2) is 47.1 Å². The molecule has 3 saturated heterocycles. The molecule has 0 bridgehead atoms. The van der Waals surface area contributed by atoms with Gasteiger partial charge in [0.15, 0.2) is 0 Å². The number of thioether (sulfide) groups is 1. The Balaban J connectivity index is -0.0000000420. The molecule has 0 spiro atoms. The van der Waals surface area contributed by atoms with Gasteiger partial charge in [-0.25, -0.2) is 8.42 Å². The van der Waals surface area contributed by atoms with Crippen molar-refractivity contribution in [2.45, 2.75) is 83.1 Å². The van der Waals surface area contributed by atoms with E-state index in [1.165, 1.54) is 24.3 Å². The highest BCUT2D eigenvalue weighted by atomic mass is 32.2. The van der Waals surface area contributed by atoms with Crippen molar-refractivity contribution in [1.29, 1.82) is 0 Å². The van der Waals surface area contributed by atoms with Crippen LogP contribution in [0.5, 0.6) is 0 Å². The largest absolute Gasteiger partial charge is 0.260 e. The van der Waals surface area contributed by atoms with Gasteiger partial charge in [0.2, 0.25) is 0 Å². The molecule has 156 valence electrons. The molecule has 0 N–H and O–H groups in total. The molecule has 0 unspecified atom stereocenters. The Morgan fingerprint density at radius 1 is 0.708 bits per heavy atom. The van der Waals surface area contributed by atoms with Gasteiger partial charge in [-0.1, -0.05) is 63.8 Å². The van der Waals surface area contributed by atoms with Gasteiger partial charge < -0.3 is 0 Å². The third-order valence-corrected chi connectivity index (χ3v) is 6.70. The third kappa shape index (κ3) is 30.3. The molecule has 3 rings (SSSR count). The predicted octanol–water partition coefficient (Wildman–Crippen LogP) is 6.05. The Hall–Kier alpha value is 0.450. The molecule has 0 aromatic heterocycles. The third-order valence-electron chi connectivity index (χ3n) is 2.23. The van der Waals surface area contributed by atoms with Crippen LogP contribution in [-0.2, 0) is 20.6 Å². The van der Waals surface area contributed by atoms with E-state index in [0.717, 1.165) is 17.9 Å². The van der Waals surface area contributed by atoms with Gasteiger partial charge in [-0.3, -0.25) is 4.21 Å². The number of sulfone groups is 1. The predicted molar refractivity (Wildman–Crippen MR) is 122 cm³/mol. The fraction of sp³-hybridized carbons (Fsp3) is 1.00. The maximum Gasteiger partial charge on any atom is 0.150 e. The van der Waals surface area contributed by atoms with E-state index in [9.17, 15) is 12.6 Å². The highest BCUT2D eigenvalue weighted by Gasteiger charge is 2.19. The standard InChI is InChI=1S/C3H6O2S.C3H6OS.C3H6S.3C2H6.3CH4/c4-6(5)2-1-3-6;4-5-2-1-3-5;1-2-4-3-1;3*1-2;;;/h1-3H2;1-3H2;1-3H2;3*1-2H3;3*1H4. The van der Waals surface area contributed by atoms with Gasteiger partial charge in [0, 0.05) is 22.3 Å². The van der Waals surface area contributed by atoms with E-state index in [0.29, 0.717) is 11.5 Å². The Bertz CT molecular complexity index is 279. The maximum atomic E-state index is 10.1. The van der Waals surface area contributed by atoms with Crippen LogP contribution >= 0.6 is 11.8 Å². The zero-order valence-corrected chi connectivity index (χ0v) is 17.3. The Kier molecular flexibility index (Phi) is 51.4. The first-order chi connectivity index (χ1) is 10.1. The lowest BCUT2D eigenvalue weighted by atomic mass is 10.5. The molecular weight excluding hydrogens is 360 g/mol. The van der Waals surface area contributed by atoms with Crippen LogP contribution in [0.25, 0.3) is 0 Å². The second-order valence-corrected chi connectivity index (χ2v) is 8.90. The summed E-state index contributed by atoms with van der Waals surface area (Å²) in [7, 11) is -2.87. The second-order valence-electron chi connectivity index (χ2n) is 3.67. The molecule has 3 aliphatic rings. The Morgan fingerprint density at radius 3 is 0.917 bits per heavy atom. The fourth-order valence-electron chi connectivity index (χ4n) is 0.787. The Morgan fingerprint density at radius 2 is 0.917 bits per heavy atom. The van der Waals surface area contributed by atoms with Crippen molar-refractivity contribution in [2.24, 2.45) is 0 Å². The van der Waals surface area contributed by atoms with Crippen molar-refractivity contribution in [3.63, 3.8) is 0 Å². The van der Waals surface area contributed by atoms with E-state index in [1.807, 2.05) is 53.3 Å². The molecule has 0 amide bonds. The molecule has 0 saturated carbocycles. The SMILES string of the molecule is C.C.C.C1CSC1.CC.CC.CC.O=S1(=O)CCC1.O=S1CCC1. The van der Waals surface area contributed by atoms with Crippen LogP contribution in [0, 0.1) is 0 Å². The van der Waals surface area contributed by atoms with Gasteiger partial charge in [0.1, 0.15) is 9.84 Å². The number of hydrogen-bond donors (Lipinski definition) is 0. The van der Waals surface area contributed by atoms with Crippen molar-refractivity contribution >= 4 is 32.4 Å². The van der Waals surface area contributed by atoms with Gasteiger partial charge in [0.05, 0.1) is 11.5 Å². The van der Waals surface area contributed by atoms with Crippen LogP contribution in [0.4, 0.5) is 0 Å². The summed E-state index contributed by atoms with van der Waals surface area (Å²) in [5, 5.41) is 0. The molecule has 0 aliphatic carbocycles. The maximum absolute atomic E-state index is 10.1. The van der Waals surface area contributed by atoms with E-state index < -0.39 is 20.6 Å². The van der Waals surface area contributed by atoms with Crippen LogP contribution < -0.4 is 0 Å². The molecule has 3 heterocycles. The lowest BCUT2D eigenvalue weighted by Crippen LogP contribution is -2.23. The topological polar surface area (TPSA) is 51.2 Å². The molecule has 24 heavy (non-hydrogen) atoms. The van der Waals surface area contributed by atoms with Crippen LogP contribution in [0.3, 0.4) is 0 Å². The quantitative estimate of drug-likeness (QED) is 0.489. The lowest BCUT2D eigenvalue weighted by molar-refractivity contribution is 0.580. The molecule has 0 radical (unpaired) electrons. The normalized spacial score (nSPS) is 17.2. The number of rotatable bonds is 0. The summed E-state index contributed by atoms with van der Waals surface area (Å²) in [6.07, 6.45) is 3.53. The van der Waals surface area contributed by atoms with E-state index in [4.69, 9.17) is 0 Å². The first kappa shape index (κ1) is 39.5. The first-order valence-corrected chi connectivity index (χ1v) is 12.7. The van der Waals surface area contributed by atoms with Gasteiger partial charge in [-0.2, -0.15) is 11.8 Å². The summed E-state index contributed by atoms with van der Waals surface area (Å²) in [5.41, 5.74) is 0. The summed E-state index contributed by atoms with van der Waals surface area (Å²) in [6, 6.07) is 0. The molecule has 3 nitrogen and oxygen atoms in total. The van der Waals surface area contributed by atoms with Crippen molar-refractivity contribution in [1.82, 2.24) is 0 Å². The lowest BCUT2D eigenvalue weighted by Gasteiger charge is -2.09. The average molecular weight is 409 g/mol. The molecule has 3 aliphatic heterocycles. The van der Waals surface area contributed by atoms with Crippen LogP contribution in [0.1, 0.15) is 83.1 Å². The van der Waals surface area contributed by atoms with E-state index >= 15 is 0 Å². The summed E-state index contributed by atoms with van der Waals surface area (Å²) in [5.74, 6) is 5.60. The van der Waals surface area contributed by atoms with Gasteiger partial charge in [-0.05, 0) is 30.8 Å². The van der Waals surface area contributed by atoms with E-state index in [1.54, 1.807) is 0 Å². The molecule has 0 atom stereocenters. The van der Waals surface area contributed by atoms with Crippen molar-refractivity contribution in [3.05, 3.63) is 0 Å². The van der Waals surface area contributed by atoms with Gasteiger partial charge in [-0.15, -0.1) is 0 Å². The highest BCUT2D eigenvalue weighted by molar-refractivity contribution is 8.00. The average Bonchev–Trinajstić information content (AvgIpc) is 2.41. The monoisotopic (exact) mass is 408 g/mol. The smallest absolute Gasteiger partial charge is 0.150 e. The van der Waals surface area contributed by atoms with E-state index in [-0.39, 0.29) is 22.3 Å². The number of hydrogen-bond acceptors (Lipinski definition) is 4. The summed E-state index contributed by atoms with van der Waals surface area (Å²) < 4.78 is 30.2. The van der Waals surface area contributed by atoms with Gasteiger partial charge in [0.25, 0.3) is 0 Å². The van der Waals surface area contributed by atoms with E-state index in [2.05, 4.69) is 0 Å². The van der Waals surface area contributed by atoms with Crippen LogP contribution in [0.15, 0.2) is 0 Å². The molecule has 0 aromatic rings. The zero-order valence-electron chi connectivity index (χ0n) is 14.8. The van der Waals surface area contributed by atoms with Gasteiger partial charge >= 0.3 is 0 Å². The molecule has 0 aromatic carbocycles.